The highest BCUT2D eigenvalue weighted by atomic mass is 32.2. The number of aromatic nitrogens is 5. The van der Waals surface area contributed by atoms with Crippen molar-refractivity contribution in [2.24, 2.45) is 0 Å². The lowest BCUT2D eigenvalue weighted by Crippen LogP contribution is -2.07. The smallest absolute Gasteiger partial charge is 0.191 e. The van der Waals surface area contributed by atoms with Crippen LogP contribution in [0.2, 0.25) is 0 Å². The molecule has 6 nitrogen and oxygen atoms in total. The summed E-state index contributed by atoms with van der Waals surface area (Å²) in [5.74, 6) is 2.41. The van der Waals surface area contributed by atoms with Crippen molar-refractivity contribution in [2.75, 3.05) is 0 Å². The molecule has 0 N–H and O–H groups in total. The van der Waals surface area contributed by atoms with Crippen LogP contribution in [-0.2, 0) is 18.9 Å². The lowest BCUT2D eigenvalue weighted by Gasteiger charge is -2.08. The number of pyridine rings is 1. The summed E-state index contributed by atoms with van der Waals surface area (Å²) in [6.45, 7) is 3.29. The summed E-state index contributed by atoms with van der Waals surface area (Å²) in [4.78, 5) is 4.63. The van der Waals surface area contributed by atoms with Crippen molar-refractivity contribution in [3.05, 3.63) is 72.4 Å². The number of nitrogens with zero attached hydrogens (tertiary/aromatic N) is 5. The lowest BCUT2D eigenvalue weighted by atomic mass is 10.3. The highest BCUT2D eigenvalue weighted by molar-refractivity contribution is 7.98. The van der Waals surface area contributed by atoms with E-state index in [9.17, 15) is 0 Å². The second-order valence-corrected chi connectivity index (χ2v) is 6.67. The largest absolute Gasteiger partial charge is 0.486 e. The van der Waals surface area contributed by atoms with Crippen molar-refractivity contribution in [3.63, 3.8) is 0 Å². The van der Waals surface area contributed by atoms with E-state index < -0.39 is 0 Å². The van der Waals surface area contributed by atoms with Gasteiger partial charge in [0, 0.05) is 24.7 Å². The van der Waals surface area contributed by atoms with Crippen molar-refractivity contribution < 1.29 is 4.74 Å². The van der Waals surface area contributed by atoms with Crippen LogP contribution in [-0.4, -0.2) is 24.1 Å². The predicted octanol–water partition coefficient (Wildman–Crippen LogP) is 3.82. The molecule has 0 unspecified atom stereocenters. The van der Waals surface area contributed by atoms with E-state index in [-0.39, 0.29) is 0 Å². The molecule has 26 heavy (non-hydrogen) atoms. The molecule has 132 valence electrons. The third kappa shape index (κ3) is 3.57. The van der Waals surface area contributed by atoms with Crippen molar-refractivity contribution >= 4 is 17.4 Å². The Morgan fingerprint density at radius 2 is 1.88 bits per heavy atom. The van der Waals surface area contributed by atoms with Crippen LogP contribution in [0.3, 0.4) is 0 Å². The minimum Gasteiger partial charge on any atom is -0.486 e. The lowest BCUT2D eigenvalue weighted by molar-refractivity contribution is 0.288. The topological polar surface area (TPSA) is 57.2 Å². The summed E-state index contributed by atoms with van der Waals surface area (Å²) in [5, 5.41) is 9.51. The maximum absolute atomic E-state index is 5.80. The van der Waals surface area contributed by atoms with E-state index in [2.05, 4.69) is 32.9 Å². The fraction of sp³-hybridized carbons (Fsp3) is 0.211. The molecule has 0 aliphatic heterocycles. The van der Waals surface area contributed by atoms with E-state index >= 15 is 0 Å². The van der Waals surface area contributed by atoms with Gasteiger partial charge in [0.1, 0.15) is 18.0 Å². The Hall–Kier alpha value is -2.80. The number of hydrogen-bond acceptors (Lipinski definition) is 5. The first-order valence-corrected chi connectivity index (χ1v) is 9.47. The highest BCUT2D eigenvalue weighted by Crippen LogP contribution is 2.22. The van der Waals surface area contributed by atoms with Crippen LogP contribution in [0.15, 0.2) is 66.1 Å². The monoisotopic (exact) mass is 365 g/mol. The molecule has 4 aromatic rings. The number of benzene rings is 1. The van der Waals surface area contributed by atoms with Gasteiger partial charge in [-0.25, -0.2) is 4.98 Å². The standard InChI is InChI=1S/C19H19N5OS/c1-2-24-18(13-25-16-8-4-3-5-9-16)21-22-19(24)26-14-15-12-23-11-7-6-10-17(23)20-15/h3-12H,2,13-14H2,1H3. The molecule has 0 aliphatic rings. The van der Waals surface area contributed by atoms with Crippen molar-refractivity contribution in [3.8, 4) is 5.75 Å². The molecular formula is C19H19N5OS. The first-order valence-electron chi connectivity index (χ1n) is 8.49. The summed E-state index contributed by atoms with van der Waals surface area (Å²) in [6.07, 6.45) is 4.05. The van der Waals surface area contributed by atoms with Crippen molar-refractivity contribution in [1.29, 1.82) is 0 Å². The highest BCUT2D eigenvalue weighted by Gasteiger charge is 2.13. The summed E-state index contributed by atoms with van der Waals surface area (Å²) in [5.41, 5.74) is 1.98. The maximum atomic E-state index is 5.80. The van der Waals surface area contributed by atoms with Gasteiger partial charge in [-0.1, -0.05) is 36.0 Å². The van der Waals surface area contributed by atoms with Gasteiger partial charge in [0.2, 0.25) is 0 Å². The minimum absolute atomic E-state index is 0.403. The zero-order valence-electron chi connectivity index (χ0n) is 14.4. The second kappa shape index (κ2) is 7.61. The summed E-state index contributed by atoms with van der Waals surface area (Å²) in [6, 6.07) is 15.7. The van der Waals surface area contributed by atoms with Crippen LogP contribution in [0.1, 0.15) is 18.4 Å². The molecule has 3 heterocycles. The molecule has 1 aromatic carbocycles. The fourth-order valence-electron chi connectivity index (χ4n) is 2.71. The summed E-state index contributed by atoms with van der Waals surface area (Å²) >= 11 is 1.64. The van der Waals surface area contributed by atoms with Crippen molar-refractivity contribution in [1.82, 2.24) is 24.1 Å². The molecule has 0 bridgehead atoms. The van der Waals surface area contributed by atoms with Crippen molar-refractivity contribution in [2.45, 2.75) is 31.0 Å². The quantitative estimate of drug-likeness (QED) is 0.466. The van der Waals surface area contributed by atoms with Gasteiger partial charge in [-0.05, 0) is 31.2 Å². The molecule has 7 heteroatoms. The number of fused-ring (bicyclic) bond motifs is 1. The molecule has 0 spiro atoms. The molecular weight excluding hydrogens is 346 g/mol. The molecule has 0 fully saturated rings. The van der Waals surface area contributed by atoms with E-state index in [0.29, 0.717) is 6.61 Å². The Balaban J connectivity index is 1.44. The number of hydrogen-bond donors (Lipinski definition) is 0. The van der Waals surface area contributed by atoms with Gasteiger partial charge in [0.25, 0.3) is 0 Å². The number of imidazole rings is 1. The Morgan fingerprint density at radius 1 is 1.04 bits per heavy atom. The summed E-state index contributed by atoms with van der Waals surface area (Å²) < 4.78 is 9.92. The Labute approximate surface area is 155 Å². The van der Waals surface area contributed by atoms with E-state index in [4.69, 9.17) is 4.74 Å². The van der Waals surface area contributed by atoms with Crippen LogP contribution in [0.25, 0.3) is 5.65 Å². The van der Waals surface area contributed by atoms with Gasteiger partial charge in [-0.3, -0.25) is 0 Å². The minimum atomic E-state index is 0.403. The average Bonchev–Trinajstić information content (AvgIpc) is 3.28. The van der Waals surface area contributed by atoms with E-state index in [0.717, 1.165) is 40.4 Å². The zero-order chi connectivity index (χ0) is 17.8. The second-order valence-electron chi connectivity index (χ2n) is 5.73. The van der Waals surface area contributed by atoms with Gasteiger partial charge in [0.05, 0.1) is 5.69 Å². The molecule has 0 saturated carbocycles. The van der Waals surface area contributed by atoms with Gasteiger partial charge in [-0.15, -0.1) is 10.2 Å². The molecule has 0 atom stereocenters. The van der Waals surface area contributed by atoms with E-state index in [1.165, 1.54) is 0 Å². The number of rotatable bonds is 7. The third-order valence-electron chi connectivity index (χ3n) is 3.98. The van der Waals surface area contributed by atoms with Crippen LogP contribution in [0.5, 0.6) is 5.75 Å². The first-order chi connectivity index (χ1) is 12.8. The van der Waals surface area contributed by atoms with Crippen LogP contribution < -0.4 is 4.74 Å². The molecule has 0 amide bonds. The first kappa shape index (κ1) is 16.7. The van der Waals surface area contributed by atoms with Gasteiger partial charge in [0.15, 0.2) is 11.0 Å². The molecule has 4 rings (SSSR count). The third-order valence-corrected chi connectivity index (χ3v) is 4.98. The van der Waals surface area contributed by atoms with E-state index in [1.807, 2.05) is 59.1 Å². The normalized spacial score (nSPS) is 11.1. The number of thioether (sulfide) groups is 1. The Kier molecular flexibility index (Phi) is 4.88. The maximum Gasteiger partial charge on any atom is 0.191 e. The Morgan fingerprint density at radius 3 is 2.69 bits per heavy atom. The van der Waals surface area contributed by atoms with Gasteiger partial charge < -0.3 is 13.7 Å². The van der Waals surface area contributed by atoms with Gasteiger partial charge in [-0.2, -0.15) is 0 Å². The molecule has 0 radical (unpaired) electrons. The van der Waals surface area contributed by atoms with Crippen LogP contribution >= 0.6 is 11.8 Å². The average molecular weight is 365 g/mol. The van der Waals surface area contributed by atoms with Crippen LogP contribution in [0, 0.1) is 0 Å². The van der Waals surface area contributed by atoms with Gasteiger partial charge >= 0.3 is 0 Å². The fourth-order valence-corrected chi connectivity index (χ4v) is 3.61. The molecule has 3 aromatic heterocycles. The Bertz CT molecular complexity index is 963. The van der Waals surface area contributed by atoms with Crippen LogP contribution in [0.4, 0.5) is 0 Å². The molecule has 0 aliphatic carbocycles. The predicted molar refractivity (Wildman–Crippen MR) is 101 cm³/mol. The summed E-state index contributed by atoms with van der Waals surface area (Å²) in [7, 11) is 0. The number of para-hydroxylation sites is 1. The number of ether oxygens (including phenoxy) is 1. The SMILES string of the molecule is CCn1c(COc2ccccc2)nnc1SCc1cn2ccccc2n1. The van der Waals surface area contributed by atoms with E-state index in [1.54, 1.807) is 11.8 Å². The molecule has 0 saturated heterocycles. The zero-order valence-corrected chi connectivity index (χ0v) is 15.3.